The molecular weight excluding hydrogens is 294 g/mol. The molecule has 2 aliphatic heterocycles. The number of anilines is 1. The number of piperidine rings is 1. The van der Waals surface area contributed by atoms with Gasteiger partial charge in [0.25, 0.3) is 0 Å². The Labute approximate surface area is 137 Å². The average Bonchev–Trinajstić information content (AvgIpc) is 2.62. The molecule has 0 bridgehead atoms. The summed E-state index contributed by atoms with van der Waals surface area (Å²) in [6.07, 6.45) is 6.69. The van der Waals surface area contributed by atoms with Crippen LogP contribution in [-0.4, -0.2) is 72.1 Å². The van der Waals surface area contributed by atoms with Crippen LogP contribution in [0.2, 0.25) is 0 Å². The first-order valence-electron chi connectivity index (χ1n) is 8.38. The molecule has 7 heteroatoms. The quantitative estimate of drug-likeness (QED) is 0.889. The first-order valence-corrected chi connectivity index (χ1v) is 8.38. The molecule has 1 amide bonds. The maximum Gasteiger partial charge on any atom is 0.236 e. The summed E-state index contributed by atoms with van der Waals surface area (Å²) in [5, 5.41) is 3.05. The minimum atomic E-state index is -0.144. The molecule has 2 fully saturated rings. The Morgan fingerprint density at radius 1 is 1.26 bits per heavy atom. The molecule has 1 aromatic rings. The lowest BCUT2D eigenvalue weighted by atomic mass is 10.1. The summed E-state index contributed by atoms with van der Waals surface area (Å²) in [7, 11) is 1.83. The number of amides is 1. The summed E-state index contributed by atoms with van der Waals surface area (Å²) in [6, 6.07) is 0. The van der Waals surface area contributed by atoms with E-state index in [4.69, 9.17) is 4.74 Å². The van der Waals surface area contributed by atoms with E-state index in [1.54, 1.807) is 12.4 Å². The van der Waals surface area contributed by atoms with Crippen molar-refractivity contribution in [1.82, 2.24) is 19.8 Å². The van der Waals surface area contributed by atoms with Crippen molar-refractivity contribution in [2.45, 2.75) is 25.4 Å². The van der Waals surface area contributed by atoms with Crippen LogP contribution in [-0.2, 0) is 9.53 Å². The second-order valence-corrected chi connectivity index (χ2v) is 6.08. The van der Waals surface area contributed by atoms with Crippen molar-refractivity contribution in [3.8, 4) is 0 Å². The maximum atomic E-state index is 12.4. The van der Waals surface area contributed by atoms with Gasteiger partial charge in [0.15, 0.2) is 0 Å². The van der Waals surface area contributed by atoms with E-state index in [0.29, 0.717) is 19.7 Å². The number of hydrogen-bond donors (Lipinski definition) is 1. The Bertz CT molecular complexity index is 533. The topological polar surface area (TPSA) is 70.6 Å². The number of nitrogens with one attached hydrogen (secondary N) is 1. The number of aromatic nitrogens is 2. The zero-order valence-electron chi connectivity index (χ0n) is 13.7. The molecule has 2 aliphatic rings. The van der Waals surface area contributed by atoms with Gasteiger partial charge in [0, 0.05) is 45.6 Å². The van der Waals surface area contributed by atoms with Crippen LogP contribution in [0.25, 0.3) is 0 Å². The van der Waals surface area contributed by atoms with Crippen LogP contribution in [0.3, 0.4) is 0 Å². The van der Waals surface area contributed by atoms with E-state index in [1.165, 1.54) is 6.42 Å². The molecule has 0 saturated carbocycles. The van der Waals surface area contributed by atoms with Gasteiger partial charge in [-0.15, -0.1) is 0 Å². The highest BCUT2D eigenvalue weighted by atomic mass is 16.5. The van der Waals surface area contributed by atoms with Crippen LogP contribution >= 0.6 is 0 Å². The predicted octanol–water partition coefficient (Wildman–Crippen LogP) is 0.904. The number of morpholine rings is 1. The summed E-state index contributed by atoms with van der Waals surface area (Å²) >= 11 is 0. The number of likely N-dealkylation sites (tertiary alicyclic amines) is 1. The van der Waals surface area contributed by atoms with Crippen LogP contribution < -0.4 is 5.32 Å². The summed E-state index contributed by atoms with van der Waals surface area (Å²) in [5.41, 5.74) is 0.810. The molecule has 1 atom stereocenters. The highest BCUT2D eigenvalue weighted by Gasteiger charge is 2.28. The predicted molar refractivity (Wildman–Crippen MR) is 87.1 cm³/mol. The Morgan fingerprint density at radius 2 is 2.04 bits per heavy atom. The van der Waals surface area contributed by atoms with E-state index in [0.717, 1.165) is 44.0 Å². The molecule has 3 rings (SSSR count). The third-order valence-corrected chi connectivity index (χ3v) is 4.49. The number of ether oxygens (including phenoxy) is 1. The third kappa shape index (κ3) is 3.97. The molecule has 1 aromatic heterocycles. The summed E-state index contributed by atoms with van der Waals surface area (Å²) in [6.45, 7) is 4.34. The Morgan fingerprint density at radius 3 is 2.83 bits per heavy atom. The van der Waals surface area contributed by atoms with Crippen LogP contribution in [0, 0.1) is 0 Å². The molecule has 1 N–H and O–H groups in total. The zero-order valence-corrected chi connectivity index (χ0v) is 13.7. The third-order valence-electron chi connectivity index (χ3n) is 4.49. The van der Waals surface area contributed by atoms with Crippen LogP contribution in [0.1, 0.15) is 31.1 Å². The van der Waals surface area contributed by atoms with Crippen molar-refractivity contribution >= 4 is 11.7 Å². The van der Waals surface area contributed by atoms with Crippen LogP contribution in [0.15, 0.2) is 12.4 Å². The number of hydrogen-bond acceptors (Lipinski definition) is 6. The molecule has 0 aliphatic carbocycles. The molecule has 7 nitrogen and oxygen atoms in total. The van der Waals surface area contributed by atoms with E-state index in [9.17, 15) is 4.79 Å². The van der Waals surface area contributed by atoms with Crippen molar-refractivity contribution in [3.05, 3.63) is 18.1 Å². The van der Waals surface area contributed by atoms with Crippen molar-refractivity contribution in [3.63, 3.8) is 0 Å². The van der Waals surface area contributed by atoms with Gasteiger partial charge >= 0.3 is 0 Å². The Kier molecular flexibility index (Phi) is 5.40. The zero-order chi connectivity index (χ0) is 16.1. The monoisotopic (exact) mass is 319 g/mol. The number of carbonyl (C=O) groups is 1. The van der Waals surface area contributed by atoms with Crippen LogP contribution in [0.4, 0.5) is 5.82 Å². The van der Waals surface area contributed by atoms with E-state index >= 15 is 0 Å². The lowest BCUT2D eigenvalue weighted by Gasteiger charge is -2.34. The fourth-order valence-corrected chi connectivity index (χ4v) is 3.22. The molecule has 0 radical (unpaired) electrons. The summed E-state index contributed by atoms with van der Waals surface area (Å²) in [4.78, 5) is 25.3. The van der Waals surface area contributed by atoms with Gasteiger partial charge in [-0.3, -0.25) is 14.7 Å². The van der Waals surface area contributed by atoms with Gasteiger partial charge < -0.3 is 15.0 Å². The van der Waals surface area contributed by atoms with Gasteiger partial charge in [-0.1, -0.05) is 0 Å². The SMILES string of the molecule is CNc1nccnc1[C@@H]1CN(CC(=O)N2CCCCC2)CCO1. The van der Waals surface area contributed by atoms with Crippen molar-refractivity contribution < 1.29 is 9.53 Å². The van der Waals surface area contributed by atoms with E-state index < -0.39 is 0 Å². The fourth-order valence-electron chi connectivity index (χ4n) is 3.22. The van der Waals surface area contributed by atoms with Crippen molar-refractivity contribution in [2.75, 3.05) is 51.7 Å². The summed E-state index contributed by atoms with van der Waals surface area (Å²) in [5.74, 6) is 0.972. The van der Waals surface area contributed by atoms with E-state index in [1.807, 2.05) is 11.9 Å². The molecule has 23 heavy (non-hydrogen) atoms. The Balaban J connectivity index is 1.60. The number of carbonyl (C=O) groups excluding carboxylic acids is 1. The summed E-state index contributed by atoms with van der Waals surface area (Å²) < 4.78 is 5.85. The standard InChI is InChI=1S/C16H25N5O2/c1-17-16-15(18-5-6-19-16)13-11-20(9-10-23-13)12-14(22)21-7-3-2-4-8-21/h5-6,13H,2-4,7-12H2,1H3,(H,17,19)/t13-/m0/s1. The molecule has 0 spiro atoms. The first-order chi connectivity index (χ1) is 11.3. The minimum Gasteiger partial charge on any atom is -0.372 e. The normalized spacial score (nSPS) is 22.8. The smallest absolute Gasteiger partial charge is 0.236 e. The minimum absolute atomic E-state index is 0.144. The largest absolute Gasteiger partial charge is 0.372 e. The van der Waals surface area contributed by atoms with Gasteiger partial charge in [0.2, 0.25) is 5.91 Å². The highest BCUT2D eigenvalue weighted by Crippen LogP contribution is 2.25. The van der Waals surface area contributed by atoms with Crippen molar-refractivity contribution in [1.29, 1.82) is 0 Å². The Hall–Kier alpha value is -1.73. The maximum absolute atomic E-state index is 12.4. The van der Waals surface area contributed by atoms with Gasteiger partial charge in [-0.25, -0.2) is 4.98 Å². The second-order valence-electron chi connectivity index (χ2n) is 6.08. The van der Waals surface area contributed by atoms with Crippen molar-refractivity contribution in [2.24, 2.45) is 0 Å². The lowest BCUT2D eigenvalue weighted by Crippen LogP contribution is -2.47. The number of nitrogens with zero attached hydrogens (tertiary/aromatic N) is 4. The second kappa shape index (κ2) is 7.70. The van der Waals surface area contributed by atoms with Crippen LogP contribution in [0.5, 0.6) is 0 Å². The average molecular weight is 319 g/mol. The highest BCUT2D eigenvalue weighted by molar-refractivity contribution is 5.78. The molecule has 0 aromatic carbocycles. The molecule has 2 saturated heterocycles. The first kappa shape index (κ1) is 16.1. The van der Waals surface area contributed by atoms with Gasteiger partial charge in [0.1, 0.15) is 17.6 Å². The molecular formula is C16H25N5O2. The lowest BCUT2D eigenvalue weighted by molar-refractivity contribution is -0.135. The molecule has 3 heterocycles. The number of rotatable bonds is 4. The molecule has 126 valence electrons. The van der Waals surface area contributed by atoms with E-state index in [2.05, 4.69) is 20.2 Å². The van der Waals surface area contributed by atoms with Gasteiger partial charge in [-0.05, 0) is 19.3 Å². The molecule has 0 unspecified atom stereocenters. The van der Waals surface area contributed by atoms with Gasteiger partial charge in [-0.2, -0.15) is 0 Å². The van der Waals surface area contributed by atoms with Gasteiger partial charge in [0.05, 0.1) is 13.2 Å². The van der Waals surface area contributed by atoms with E-state index in [-0.39, 0.29) is 12.0 Å². The fraction of sp³-hybridized carbons (Fsp3) is 0.688.